The van der Waals surface area contributed by atoms with E-state index in [4.69, 9.17) is 14.7 Å². The zero-order valence-electron chi connectivity index (χ0n) is 15.6. The summed E-state index contributed by atoms with van der Waals surface area (Å²) >= 11 is 0. The van der Waals surface area contributed by atoms with Gasteiger partial charge in [-0.3, -0.25) is 0 Å². The summed E-state index contributed by atoms with van der Waals surface area (Å²) in [6.07, 6.45) is 8.96. The third kappa shape index (κ3) is 8.42. The molecule has 2 aromatic carbocycles. The molecule has 0 amide bonds. The van der Waals surface area contributed by atoms with Gasteiger partial charge in [0.1, 0.15) is 0 Å². The minimum atomic E-state index is -3.82. The van der Waals surface area contributed by atoms with E-state index in [2.05, 4.69) is 60.7 Å². The Bertz CT molecular complexity index is 556. The maximum atomic E-state index is 8.98. The third-order valence-corrected chi connectivity index (χ3v) is 5.93. The predicted molar refractivity (Wildman–Crippen MR) is 112 cm³/mol. The second-order valence-corrected chi connectivity index (χ2v) is 9.21. The molecule has 144 valence electrons. The van der Waals surface area contributed by atoms with E-state index in [1.165, 1.54) is 43.2 Å². The van der Waals surface area contributed by atoms with Gasteiger partial charge in [-0.2, -0.15) is 0 Å². The molecule has 3 N–H and O–H groups in total. The zero-order chi connectivity index (χ0) is 18.7. The Morgan fingerprint density at radius 1 is 0.577 bits per heavy atom. The van der Waals surface area contributed by atoms with Crippen molar-refractivity contribution >= 4 is 7.94 Å². The Labute approximate surface area is 158 Å². The quantitative estimate of drug-likeness (QED) is 0.343. The number of unbranched alkanes of at least 4 members (excludes halogenated alkanes) is 6. The summed E-state index contributed by atoms with van der Waals surface area (Å²) in [4.78, 5) is 26.9. The molecule has 0 aliphatic carbocycles. The summed E-state index contributed by atoms with van der Waals surface area (Å²) in [5.74, 6) is 0.467. The van der Waals surface area contributed by atoms with E-state index in [9.17, 15) is 0 Å². The average Bonchev–Trinajstić information content (AvgIpc) is 2.64. The molecular weight excluding hydrogens is 343 g/mol. The molecule has 3 nitrogen and oxygen atoms in total. The van der Waals surface area contributed by atoms with Gasteiger partial charge < -0.3 is 0 Å². The van der Waals surface area contributed by atoms with Crippen molar-refractivity contribution in [3.63, 3.8) is 0 Å². The molecule has 26 heavy (non-hydrogen) atoms. The Kier molecular flexibility index (Phi) is 9.28. The Balaban J connectivity index is 1.69. The van der Waals surface area contributed by atoms with Crippen LogP contribution >= 0.6 is 7.94 Å². The molecule has 0 saturated carbocycles. The van der Waals surface area contributed by atoms with Crippen LogP contribution in [0.4, 0.5) is 0 Å². The van der Waals surface area contributed by atoms with Crippen LogP contribution in [0.1, 0.15) is 68.4 Å². The molecule has 0 aromatic heterocycles. The van der Waals surface area contributed by atoms with Crippen molar-refractivity contribution < 1.29 is 14.7 Å². The first-order valence-corrected chi connectivity index (χ1v) is 11.9. The summed E-state index contributed by atoms with van der Waals surface area (Å²) in [6, 6.07) is 21.5. The van der Waals surface area contributed by atoms with Crippen LogP contribution in [-0.4, -0.2) is 20.8 Å². The van der Waals surface area contributed by atoms with Gasteiger partial charge in [0, 0.05) is 0 Å². The zero-order valence-corrected chi connectivity index (χ0v) is 16.6. The topological polar surface area (TPSA) is 60.7 Å². The number of hydrogen-bond donors (Lipinski definition) is 3. The van der Waals surface area contributed by atoms with Crippen molar-refractivity contribution in [2.75, 3.05) is 6.16 Å². The van der Waals surface area contributed by atoms with Gasteiger partial charge in [-0.15, -0.1) is 0 Å². The van der Waals surface area contributed by atoms with Gasteiger partial charge in [0.15, 0.2) is 0 Å². The maximum absolute atomic E-state index is 8.98. The second kappa shape index (κ2) is 11.5. The number of benzene rings is 2. The van der Waals surface area contributed by atoms with Gasteiger partial charge in [0.2, 0.25) is 0 Å². The molecule has 0 aliphatic heterocycles. The van der Waals surface area contributed by atoms with Crippen LogP contribution in [0.5, 0.6) is 0 Å². The molecule has 4 heteroatoms. The average molecular weight is 376 g/mol. The molecule has 0 saturated heterocycles. The van der Waals surface area contributed by atoms with E-state index >= 15 is 0 Å². The van der Waals surface area contributed by atoms with Crippen LogP contribution in [0.2, 0.25) is 0 Å². The fraction of sp³-hybridized carbons (Fsp3) is 0.455. The van der Waals surface area contributed by atoms with E-state index in [1.807, 2.05) is 0 Å². The van der Waals surface area contributed by atoms with Crippen LogP contribution in [0.15, 0.2) is 60.7 Å². The number of hydrogen-bond acceptors (Lipinski definition) is 3. The van der Waals surface area contributed by atoms with E-state index in [-0.39, 0.29) is 6.16 Å². The molecule has 0 spiro atoms. The SMILES string of the molecule is O[PH](O)(O)CCCCCCCCCC(c1ccccc1)c1ccccc1. The molecule has 0 heterocycles. The summed E-state index contributed by atoms with van der Waals surface area (Å²) in [7, 11) is -3.82. The van der Waals surface area contributed by atoms with Crippen LogP contribution in [0.3, 0.4) is 0 Å². The summed E-state index contributed by atoms with van der Waals surface area (Å²) in [5.41, 5.74) is 2.78. The van der Waals surface area contributed by atoms with Crippen LogP contribution < -0.4 is 0 Å². The molecule has 0 bridgehead atoms. The van der Waals surface area contributed by atoms with Gasteiger partial charge in [0.25, 0.3) is 0 Å². The van der Waals surface area contributed by atoms with Crippen molar-refractivity contribution in [1.82, 2.24) is 0 Å². The van der Waals surface area contributed by atoms with Gasteiger partial charge in [0.05, 0.1) is 0 Å². The normalized spacial score (nSPS) is 12.5. The third-order valence-electron chi connectivity index (χ3n) is 4.91. The van der Waals surface area contributed by atoms with Crippen molar-refractivity contribution in [3.8, 4) is 0 Å². The van der Waals surface area contributed by atoms with Gasteiger partial charge >= 0.3 is 121 Å². The van der Waals surface area contributed by atoms with Crippen molar-refractivity contribution in [2.24, 2.45) is 0 Å². The second-order valence-electron chi connectivity index (χ2n) is 7.16. The van der Waals surface area contributed by atoms with Crippen molar-refractivity contribution in [1.29, 1.82) is 0 Å². The van der Waals surface area contributed by atoms with Crippen LogP contribution in [-0.2, 0) is 0 Å². The van der Waals surface area contributed by atoms with Crippen LogP contribution in [0.25, 0.3) is 0 Å². The molecule has 2 rings (SSSR count). The molecule has 0 unspecified atom stereocenters. The van der Waals surface area contributed by atoms with E-state index in [0.717, 1.165) is 12.8 Å². The minimum Gasteiger partial charge on any atom is -0.0622 e. The fourth-order valence-corrected chi connectivity index (χ4v) is 4.22. The fourth-order valence-electron chi connectivity index (χ4n) is 3.49. The first-order chi connectivity index (χ1) is 12.6. The molecule has 0 atom stereocenters. The molecule has 2 aromatic rings. The summed E-state index contributed by atoms with van der Waals surface area (Å²) in [5, 5.41) is 0. The van der Waals surface area contributed by atoms with Gasteiger partial charge in [-0.05, 0) is 0 Å². The first-order valence-electron chi connectivity index (χ1n) is 9.83. The molecule has 0 aliphatic rings. The number of rotatable bonds is 12. The Morgan fingerprint density at radius 2 is 1.00 bits per heavy atom. The van der Waals surface area contributed by atoms with E-state index < -0.39 is 7.94 Å². The molecule has 0 radical (unpaired) electrons. The van der Waals surface area contributed by atoms with Crippen LogP contribution in [0, 0.1) is 0 Å². The van der Waals surface area contributed by atoms with E-state index in [0.29, 0.717) is 12.3 Å². The molecular formula is C22H33O3P. The first kappa shape index (κ1) is 21.1. The van der Waals surface area contributed by atoms with E-state index in [1.54, 1.807) is 0 Å². The monoisotopic (exact) mass is 376 g/mol. The van der Waals surface area contributed by atoms with Gasteiger partial charge in [-0.25, -0.2) is 0 Å². The Hall–Kier alpha value is -1.25. The van der Waals surface area contributed by atoms with Crippen molar-refractivity contribution in [3.05, 3.63) is 71.8 Å². The standard InChI is InChI=1S/C22H33O3P/c23-26(24,25)19-13-5-3-1-2-4-12-18-22(20-14-8-6-9-15-20)21-16-10-7-11-17-21/h6-11,14-17,22-26H,1-5,12-13,18-19H2. The van der Waals surface area contributed by atoms with Gasteiger partial charge in [-0.1, -0.05) is 36.4 Å². The summed E-state index contributed by atoms with van der Waals surface area (Å²) < 4.78 is 0. The van der Waals surface area contributed by atoms with Crippen molar-refractivity contribution in [2.45, 2.75) is 57.3 Å². The predicted octanol–water partition coefficient (Wildman–Crippen LogP) is 5.41. The Morgan fingerprint density at radius 3 is 1.46 bits per heavy atom. The smallest absolute Gasteiger partial charge is 0.0622 e. The molecule has 0 fully saturated rings. The minimum absolute atomic E-state index is 0.169. The summed E-state index contributed by atoms with van der Waals surface area (Å²) in [6.45, 7) is 0.